The quantitative estimate of drug-likeness (QED) is 0.925. The molecular formula is C11H10N2O2S2. The van der Waals surface area contributed by atoms with Gasteiger partial charge in [0.15, 0.2) is 4.34 Å². The van der Waals surface area contributed by atoms with E-state index in [0.717, 1.165) is 19.8 Å². The fraction of sp³-hybridized carbons (Fsp3) is 0.182. The average molecular weight is 266 g/mol. The van der Waals surface area contributed by atoms with Crippen molar-refractivity contribution in [1.82, 2.24) is 10.2 Å². The summed E-state index contributed by atoms with van der Waals surface area (Å²) in [5.74, 6) is -0.919. The zero-order chi connectivity index (χ0) is 12.4. The van der Waals surface area contributed by atoms with Crippen molar-refractivity contribution in [2.75, 3.05) is 0 Å². The van der Waals surface area contributed by atoms with Crippen molar-refractivity contribution in [3.05, 3.63) is 34.3 Å². The Morgan fingerprint density at radius 2 is 2.12 bits per heavy atom. The highest BCUT2D eigenvalue weighted by Crippen LogP contribution is 2.34. The number of carbonyl (C=O) groups is 1. The minimum absolute atomic E-state index is 0.308. The lowest BCUT2D eigenvalue weighted by molar-refractivity contribution is 0.0693. The van der Waals surface area contributed by atoms with E-state index in [2.05, 4.69) is 10.2 Å². The van der Waals surface area contributed by atoms with E-state index < -0.39 is 5.97 Å². The van der Waals surface area contributed by atoms with Gasteiger partial charge in [-0.3, -0.25) is 0 Å². The smallest absolute Gasteiger partial charge is 0.336 e. The van der Waals surface area contributed by atoms with E-state index in [9.17, 15) is 4.79 Å². The second-order valence-electron chi connectivity index (χ2n) is 3.45. The van der Waals surface area contributed by atoms with E-state index in [-0.39, 0.29) is 0 Å². The number of carboxylic acids is 1. The first-order chi connectivity index (χ1) is 8.08. The third kappa shape index (κ3) is 2.65. The molecule has 1 aromatic heterocycles. The molecule has 0 fully saturated rings. The van der Waals surface area contributed by atoms with Gasteiger partial charge >= 0.3 is 5.97 Å². The number of hydrogen-bond acceptors (Lipinski definition) is 5. The molecule has 4 nitrogen and oxygen atoms in total. The monoisotopic (exact) mass is 266 g/mol. The third-order valence-electron chi connectivity index (χ3n) is 2.14. The molecule has 2 aromatic rings. The van der Waals surface area contributed by atoms with Crippen molar-refractivity contribution in [3.63, 3.8) is 0 Å². The molecule has 0 radical (unpaired) electrons. The molecule has 0 aliphatic carbocycles. The fourth-order valence-electron chi connectivity index (χ4n) is 1.36. The van der Waals surface area contributed by atoms with E-state index in [1.807, 2.05) is 19.9 Å². The highest BCUT2D eigenvalue weighted by atomic mass is 32.2. The number of aryl methyl sites for hydroxylation is 2. The van der Waals surface area contributed by atoms with Crippen LogP contribution in [0, 0.1) is 13.8 Å². The average Bonchev–Trinajstić information content (AvgIpc) is 2.67. The van der Waals surface area contributed by atoms with Gasteiger partial charge in [0.1, 0.15) is 5.01 Å². The molecule has 0 spiro atoms. The molecule has 17 heavy (non-hydrogen) atoms. The summed E-state index contributed by atoms with van der Waals surface area (Å²) >= 11 is 2.81. The second kappa shape index (κ2) is 4.85. The lowest BCUT2D eigenvalue weighted by Crippen LogP contribution is -1.99. The lowest BCUT2D eigenvalue weighted by Gasteiger charge is -2.06. The maximum absolute atomic E-state index is 11.1. The van der Waals surface area contributed by atoms with Crippen molar-refractivity contribution < 1.29 is 9.90 Å². The highest BCUT2D eigenvalue weighted by molar-refractivity contribution is 8.01. The van der Waals surface area contributed by atoms with Crippen LogP contribution in [-0.2, 0) is 0 Å². The lowest BCUT2D eigenvalue weighted by atomic mass is 10.1. The molecule has 0 atom stereocenters. The van der Waals surface area contributed by atoms with Crippen LogP contribution in [0.1, 0.15) is 20.9 Å². The van der Waals surface area contributed by atoms with Crippen LogP contribution >= 0.6 is 23.1 Å². The molecule has 1 aromatic carbocycles. The molecule has 88 valence electrons. The summed E-state index contributed by atoms with van der Waals surface area (Å²) in [5.41, 5.74) is 1.24. The summed E-state index contributed by atoms with van der Waals surface area (Å²) < 4.78 is 0.763. The van der Waals surface area contributed by atoms with E-state index in [1.54, 1.807) is 12.1 Å². The molecule has 2 rings (SSSR count). The zero-order valence-corrected chi connectivity index (χ0v) is 10.9. The maximum Gasteiger partial charge on any atom is 0.336 e. The number of rotatable bonds is 3. The first-order valence-corrected chi connectivity index (χ1v) is 6.52. The first-order valence-electron chi connectivity index (χ1n) is 4.89. The Labute approximate surface area is 107 Å². The van der Waals surface area contributed by atoms with Crippen molar-refractivity contribution in [1.29, 1.82) is 0 Å². The summed E-state index contributed by atoms with van der Waals surface area (Å²) in [6.45, 7) is 3.76. The maximum atomic E-state index is 11.1. The normalized spacial score (nSPS) is 10.5. The van der Waals surface area contributed by atoms with Crippen molar-refractivity contribution in [2.45, 2.75) is 23.1 Å². The molecule has 0 bridgehead atoms. The Morgan fingerprint density at radius 3 is 2.71 bits per heavy atom. The largest absolute Gasteiger partial charge is 0.478 e. The molecule has 0 unspecified atom stereocenters. The van der Waals surface area contributed by atoms with E-state index in [4.69, 9.17) is 5.11 Å². The minimum atomic E-state index is -0.919. The Bertz CT molecular complexity index is 566. The van der Waals surface area contributed by atoms with Gasteiger partial charge in [-0.15, -0.1) is 10.2 Å². The summed E-state index contributed by atoms with van der Waals surface area (Å²) in [6.07, 6.45) is 0. The standard InChI is InChI=1S/C11H10N2O2S2/c1-6-4-3-5-8(10(14)15)9(6)17-11-13-12-7(2)16-11/h3-5H,1-2H3,(H,14,15). The zero-order valence-electron chi connectivity index (χ0n) is 9.30. The van der Waals surface area contributed by atoms with Gasteiger partial charge in [0.05, 0.1) is 5.56 Å². The minimum Gasteiger partial charge on any atom is -0.478 e. The van der Waals surface area contributed by atoms with Gasteiger partial charge in [0, 0.05) is 4.90 Å². The van der Waals surface area contributed by atoms with Crippen LogP contribution in [0.4, 0.5) is 0 Å². The third-order valence-corrected chi connectivity index (χ3v) is 4.27. The number of carboxylic acid groups (broad SMARTS) is 1. The Hall–Kier alpha value is -1.40. The van der Waals surface area contributed by atoms with E-state index in [0.29, 0.717) is 5.56 Å². The first kappa shape index (κ1) is 12.1. The molecule has 1 N–H and O–H groups in total. The number of hydrogen-bond donors (Lipinski definition) is 1. The SMILES string of the molecule is Cc1nnc(Sc2c(C)cccc2C(=O)O)s1. The Kier molecular flexibility index (Phi) is 3.44. The molecule has 0 aliphatic heterocycles. The van der Waals surface area contributed by atoms with Gasteiger partial charge in [0.25, 0.3) is 0 Å². The van der Waals surface area contributed by atoms with Crippen LogP contribution in [0.2, 0.25) is 0 Å². The van der Waals surface area contributed by atoms with Gasteiger partial charge in [-0.2, -0.15) is 0 Å². The number of aromatic carboxylic acids is 1. The summed E-state index contributed by atoms with van der Waals surface area (Å²) in [4.78, 5) is 11.9. The topological polar surface area (TPSA) is 63.1 Å². The van der Waals surface area contributed by atoms with Crippen LogP contribution in [0.5, 0.6) is 0 Å². The number of benzene rings is 1. The predicted octanol–water partition coefficient (Wildman–Crippen LogP) is 3.00. The second-order valence-corrected chi connectivity index (χ2v) is 5.88. The van der Waals surface area contributed by atoms with Gasteiger partial charge in [0.2, 0.25) is 0 Å². The van der Waals surface area contributed by atoms with E-state index in [1.165, 1.54) is 23.1 Å². The summed E-state index contributed by atoms with van der Waals surface area (Å²) in [6, 6.07) is 5.24. The molecule has 6 heteroatoms. The van der Waals surface area contributed by atoms with Gasteiger partial charge in [-0.05, 0) is 25.5 Å². The Morgan fingerprint density at radius 1 is 1.35 bits per heavy atom. The Balaban J connectivity index is 2.40. The number of nitrogens with zero attached hydrogens (tertiary/aromatic N) is 2. The van der Waals surface area contributed by atoms with Crippen LogP contribution < -0.4 is 0 Å². The predicted molar refractivity (Wildman–Crippen MR) is 66.9 cm³/mol. The molecule has 0 amide bonds. The molecule has 0 aliphatic rings. The van der Waals surface area contributed by atoms with E-state index >= 15 is 0 Å². The van der Waals surface area contributed by atoms with Crippen LogP contribution in [0.25, 0.3) is 0 Å². The molecule has 0 saturated heterocycles. The van der Waals surface area contributed by atoms with Gasteiger partial charge in [-0.25, -0.2) is 4.79 Å². The van der Waals surface area contributed by atoms with Gasteiger partial charge in [-0.1, -0.05) is 35.2 Å². The molecule has 0 saturated carbocycles. The number of aromatic nitrogens is 2. The highest BCUT2D eigenvalue weighted by Gasteiger charge is 2.14. The van der Waals surface area contributed by atoms with Crippen molar-refractivity contribution in [3.8, 4) is 0 Å². The summed E-state index contributed by atoms with van der Waals surface area (Å²) in [7, 11) is 0. The van der Waals surface area contributed by atoms with Crippen LogP contribution in [-0.4, -0.2) is 21.3 Å². The van der Waals surface area contributed by atoms with Crippen molar-refractivity contribution >= 4 is 29.1 Å². The molecule has 1 heterocycles. The van der Waals surface area contributed by atoms with Crippen LogP contribution in [0.15, 0.2) is 27.4 Å². The molecular weight excluding hydrogens is 256 g/mol. The fourth-order valence-corrected chi connectivity index (χ4v) is 3.31. The summed E-state index contributed by atoms with van der Waals surface area (Å²) in [5, 5.41) is 17.9. The van der Waals surface area contributed by atoms with Crippen LogP contribution in [0.3, 0.4) is 0 Å². The van der Waals surface area contributed by atoms with Crippen molar-refractivity contribution in [2.24, 2.45) is 0 Å². The van der Waals surface area contributed by atoms with Gasteiger partial charge < -0.3 is 5.11 Å².